The Kier molecular flexibility index (Phi) is 0.870. The molecule has 54 valence electrons. The molecule has 0 heterocycles. The van der Waals surface area contributed by atoms with Crippen LogP contribution >= 0.6 is 0 Å². The average Bonchev–Trinajstić information content (AvgIpc) is 1.84. The third-order valence-corrected chi connectivity index (χ3v) is 2.49. The zero-order valence-electron chi connectivity index (χ0n) is 5.63. The van der Waals surface area contributed by atoms with Crippen LogP contribution in [0.2, 0.25) is 0 Å². The van der Waals surface area contributed by atoms with Gasteiger partial charge in [0.1, 0.15) is 0 Å². The minimum atomic E-state index is -3.12. The van der Waals surface area contributed by atoms with Gasteiger partial charge in [-0.05, 0) is 6.92 Å². The van der Waals surface area contributed by atoms with E-state index in [2.05, 4.69) is 0 Å². The largest absolute Gasteiger partial charge is 0.290 e. The second-order valence-corrected chi connectivity index (χ2v) is 3.20. The summed E-state index contributed by atoms with van der Waals surface area (Å²) in [7, 11) is 0. The molecule has 0 radical (unpaired) electrons. The molecule has 0 saturated heterocycles. The molecule has 9 heavy (non-hydrogen) atoms. The van der Waals surface area contributed by atoms with Gasteiger partial charge in [-0.1, -0.05) is 13.8 Å². The Morgan fingerprint density at radius 2 is 1.00 bits per heavy atom. The lowest BCUT2D eigenvalue weighted by Gasteiger charge is -1.95. The smallest absolute Gasteiger partial charge is 0.237 e. The first-order valence-electron chi connectivity index (χ1n) is 2.82. The number of alkyl halides is 3. The Balaban J connectivity index is 2.91. The Hall–Kier alpha value is -0.210. The first kappa shape index (κ1) is 6.90. The van der Waals surface area contributed by atoms with Crippen LogP contribution in [0.25, 0.3) is 0 Å². The minimum absolute atomic E-state index is 0.938. The van der Waals surface area contributed by atoms with Gasteiger partial charge in [-0.3, -0.25) is 0 Å². The molecule has 0 aromatic carbocycles. The highest BCUT2D eigenvalue weighted by molar-refractivity contribution is 5.24. The van der Waals surface area contributed by atoms with Crippen molar-refractivity contribution in [1.29, 1.82) is 0 Å². The van der Waals surface area contributed by atoms with Gasteiger partial charge in [-0.15, -0.1) is 0 Å². The molecule has 0 aliphatic heterocycles. The minimum Gasteiger partial charge on any atom is -0.237 e. The SMILES string of the molecule is CC1(C)C(C)(F)C1(F)F. The van der Waals surface area contributed by atoms with Gasteiger partial charge in [0.25, 0.3) is 5.92 Å². The lowest BCUT2D eigenvalue weighted by molar-refractivity contribution is 0.0401. The molecule has 3 heteroatoms. The standard InChI is InChI=1S/C6H9F3/c1-4(2)5(3,7)6(4,8)9/h1-3H3. The first-order chi connectivity index (χ1) is 3.75. The molecule has 1 atom stereocenters. The fraction of sp³-hybridized carbons (Fsp3) is 1.00. The van der Waals surface area contributed by atoms with Gasteiger partial charge >= 0.3 is 0 Å². The van der Waals surface area contributed by atoms with Crippen molar-refractivity contribution in [2.45, 2.75) is 32.4 Å². The number of halogens is 3. The van der Waals surface area contributed by atoms with E-state index >= 15 is 0 Å². The van der Waals surface area contributed by atoms with Gasteiger partial charge < -0.3 is 0 Å². The lowest BCUT2D eigenvalue weighted by atomic mass is 10.1. The topological polar surface area (TPSA) is 0 Å². The zero-order chi connectivity index (χ0) is 7.50. The summed E-state index contributed by atoms with van der Waals surface area (Å²) in [6.45, 7) is 3.40. The maximum Gasteiger partial charge on any atom is 0.290 e. The summed E-state index contributed by atoms with van der Waals surface area (Å²) in [4.78, 5) is 0. The zero-order valence-corrected chi connectivity index (χ0v) is 5.63. The van der Waals surface area contributed by atoms with Crippen molar-refractivity contribution in [2.75, 3.05) is 0 Å². The second-order valence-electron chi connectivity index (χ2n) is 3.20. The second kappa shape index (κ2) is 1.13. The van der Waals surface area contributed by atoms with Gasteiger partial charge in [0.05, 0.1) is 5.41 Å². The predicted octanol–water partition coefficient (Wildman–Crippen LogP) is 2.39. The van der Waals surface area contributed by atoms with Crippen molar-refractivity contribution in [3.63, 3.8) is 0 Å². The third-order valence-electron chi connectivity index (χ3n) is 2.49. The summed E-state index contributed by atoms with van der Waals surface area (Å²) in [6.07, 6.45) is 0. The number of rotatable bonds is 0. The van der Waals surface area contributed by atoms with Gasteiger partial charge in [-0.2, -0.15) is 0 Å². The van der Waals surface area contributed by atoms with Crippen LogP contribution in [0.1, 0.15) is 20.8 Å². The number of hydrogen-bond donors (Lipinski definition) is 0. The van der Waals surface area contributed by atoms with E-state index in [1.54, 1.807) is 0 Å². The van der Waals surface area contributed by atoms with Crippen LogP contribution in [0.5, 0.6) is 0 Å². The highest BCUT2D eigenvalue weighted by Crippen LogP contribution is 2.70. The molecule has 0 bridgehead atoms. The van der Waals surface area contributed by atoms with Gasteiger partial charge in [-0.25, -0.2) is 13.2 Å². The van der Waals surface area contributed by atoms with Crippen molar-refractivity contribution in [3.05, 3.63) is 0 Å². The molecule has 1 aliphatic rings. The molecule has 0 amide bonds. The van der Waals surface area contributed by atoms with E-state index < -0.39 is 17.0 Å². The molecule has 0 nitrogen and oxygen atoms in total. The fourth-order valence-electron chi connectivity index (χ4n) is 0.922. The highest BCUT2D eigenvalue weighted by Gasteiger charge is 2.86. The van der Waals surface area contributed by atoms with Crippen molar-refractivity contribution in [2.24, 2.45) is 5.41 Å². The molecule has 1 fully saturated rings. The molecular formula is C6H9F3. The Morgan fingerprint density at radius 3 is 1.00 bits per heavy atom. The van der Waals surface area contributed by atoms with Gasteiger partial charge in [0.2, 0.25) is 0 Å². The Morgan fingerprint density at radius 1 is 0.889 bits per heavy atom. The summed E-state index contributed by atoms with van der Waals surface area (Å²) in [5.74, 6) is -3.12. The van der Waals surface area contributed by atoms with E-state index in [-0.39, 0.29) is 0 Å². The van der Waals surface area contributed by atoms with Crippen molar-refractivity contribution >= 4 is 0 Å². The van der Waals surface area contributed by atoms with Crippen molar-refractivity contribution in [3.8, 4) is 0 Å². The molecule has 0 spiro atoms. The van der Waals surface area contributed by atoms with Gasteiger partial charge in [0, 0.05) is 0 Å². The van der Waals surface area contributed by atoms with E-state index in [4.69, 9.17) is 0 Å². The summed E-state index contributed by atoms with van der Waals surface area (Å²) in [5.41, 5.74) is -3.75. The van der Waals surface area contributed by atoms with Crippen LogP contribution < -0.4 is 0 Å². The Labute approximate surface area is 52.1 Å². The van der Waals surface area contributed by atoms with Crippen molar-refractivity contribution < 1.29 is 13.2 Å². The van der Waals surface area contributed by atoms with Crippen LogP contribution in [0.15, 0.2) is 0 Å². The highest BCUT2D eigenvalue weighted by atomic mass is 19.3. The third kappa shape index (κ3) is 0.425. The summed E-state index contributed by atoms with van der Waals surface area (Å²) in [6, 6.07) is 0. The van der Waals surface area contributed by atoms with Crippen molar-refractivity contribution in [1.82, 2.24) is 0 Å². The summed E-state index contributed by atoms with van der Waals surface area (Å²) in [5, 5.41) is 0. The molecule has 1 saturated carbocycles. The van der Waals surface area contributed by atoms with E-state index in [1.165, 1.54) is 13.8 Å². The maximum absolute atomic E-state index is 12.6. The lowest BCUT2D eigenvalue weighted by Crippen LogP contribution is -2.04. The maximum atomic E-state index is 12.6. The summed E-state index contributed by atoms with van der Waals surface area (Å²) < 4.78 is 37.2. The monoisotopic (exact) mass is 138 g/mol. The number of hydrogen-bond acceptors (Lipinski definition) is 0. The van der Waals surface area contributed by atoms with Crippen LogP contribution in [0.4, 0.5) is 13.2 Å². The molecule has 1 unspecified atom stereocenters. The van der Waals surface area contributed by atoms with E-state index in [1.807, 2.05) is 0 Å². The summed E-state index contributed by atoms with van der Waals surface area (Å²) >= 11 is 0. The van der Waals surface area contributed by atoms with Crippen LogP contribution in [0, 0.1) is 5.41 Å². The van der Waals surface area contributed by atoms with Crippen LogP contribution in [-0.2, 0) is 0 Å². The molecule has 0 aromatic rings. The van der Waals surface area contributed by atoms with E-state index in [9.17, 15) is 13.2 Å². The first-order valence-corrected chi connectivity index (χ1v) is 2.82. The Bertz CT molecular complexity index is 106. The molecule has 0 N–H and O–H groups in total. The molecule has 1 rings (SSSR count). The van der Waals surface area contributed by atoms with Gasteiger partial charge in [0.15, 0.2) is 5.67 Å². The predicted molar refractivity (Wildman–Crippen MR) is 28.2 cm³/mol. The molecule has 1 aliphatic carbocycles. The van der Waals surface area contributed by atoms with Crippen LogP contribution in [-0.4, -0.2) is 11.6 Å². The normalized spacial score (nSPS) is 44.7. The fourth-order valence-corrected chi connectivity index (χ4v) is 0.922. The molecule has 0 aromatic heterocycles. The van der Waals surface area contributed by atoms with E-state index in [0.717, 1.165) is 6.92 Å². The van der Waals surface area contributed by atoms with E-state index in [0.29, 0.717) is 0 Å². The quantitative estimate of drug-likeness (QED) is 0.482. The van der Waals surface area contributed by atoms with Crippen LogP contribution in [0.3, 0.4) is 0 Å². The molecular weight excluding hydrogens is 129 g/mol. The average molecular weight is 138 g/mol.